The number of nitrogens with zero attached hydrogens (tertiary/aromatic N) is 2. The Labute approximate surface area is 156 Å². The fourth-order valence-corrected chi connectivity index (χ4v) is 4.39. The first-order chi connectivity index (χ1) is 12.0. The van der Waals surface area contributed by atoms with E-state index in [2.05, 4.69) is 33.9 Å². The number of hydrogen-bond acceptors (Lipinski definition) is 4. The third-order valence-electron chi connectivity index (χ3n) is 5.14. The third-order valence-corrected chi connectivity index (χ3v) is 5.78. The first-order valence-corrected chi connectivity index (χ1v) is 9.45. The fourth-order valence-electron chi connectivity index (χ4n) is 3.99. The van der Waals surface area contributed by atoms with Gasteiger partial charge in [-0.1, -0.05) is 19.4 Å². The second-order valence-corrected chi connectivity index (χ2v) is 7.75. The molecule has 25 heavy (non-hydrogen) atoms. The van der Waals surface area contributed by atoms with Gasteiger partial charge in [-0.05, 0) is 59.3 Å². The molecule has 0 saturated heterocycles. The molecule has 1 heterocycles. The minimum Gasteiger partial charge on any atom is -0.507 e. The molecule has 3 unspecified atom stereocenters. The zero-order chi connectivity index (χ0) is 18.1. The lowest BCUT2D eigenvalue weighted by molar-refractivity contribution is -0.117. The second-order valence-electron chi connectivity index (χ2n) is 6.89. The number of phenols is 1. The first-order valence-electron chi connectivity index (χ1n) is 8.65. The number of carbonyl (C=O) groups excluding carboxylic acids is 1. The quantitative estimate of drug-likeness (QED) is 0.784. The molecule has 130 valence electrons. The summed E-state index contributed by atoms with van der Waals surface area (Å²) in [4.78, 5) is 17.6. The molecule has 1 aromatic carbocycles. The number of ketones is 1. The molecule has 1 aromatic rings. The Kier molecular flexibility index (Phi) is 5.10. The zero-order valence-corrected chi connectivity index (χ0v) is 16.0. The lowest BCUT2D eigenvalue weighted by Crippen LogP contribution is -2.32. The van der Waals surface area contributed by atoms with E-state index in [0.29, 0.717) is 22.4 Å². The van der Waals surface area contributed by atoms with Gasteiger partial charge < -0.3 is 5.11 Å². The van der Waals surface area contributed by atoms with E-state index < -0.39 is 5.92 Å². The molecule has 0 saturated carbocycles. The van der Waals surface area contributed by atoms with Crippen LogP contribution in [0.2, 0.25) is 0 Å². The average Bonchev–Trinajstić information content (AvgIpc) is 2.56. The van der Waals surface area contributed by atoms with Gasteiger partial charge in [-0.2, -0.15) is 5.26 Å². The number of phenolic OH excluding ortho intramolecular Hbond substituents is 1. The van der Waals surface area contributed by atoms with Gasteiger partial charge >= 0.3 is 0 Å². The maximum absolute atomic E-state index is 12.9. The van der Waals surface area contributed by atoms with Crippen molar-refractivity contribution in [2.75, 3.05) is 0 Å². The third kappa shape index (κ3) is 3.28. The first kappa shape index (κ1) is 17.9. The number of aliphatic imine (C=N–C) groups is 1. The van der Waals surface area contributed by atoms with E-state index in [4.69, 9.17) is 0 Å². The smallest absolute Gasteiger partial charge is 0.161 e. The van der Waals surface area contributed by atoms with Gasteiger partial charge in [0.1, 0.15) is 5.75 Å². The van der Waals surface area contributed by atoms with E-state index >= 15 is 0 Å². The molecule has 0 amide bonds. The molecule has 1 aliphatic carbocycles. The topological polar surface area (TPSA) is 73.5 Å². The SMILES string of the molecule is CCCC1CC(=O)C2=C(C1)N=C(C)C(C#N)C2c1ccc(O)c(Br)c1. The number of allylic oxidation sites excluding steroid dienone is 2. The standard InChI is InChI=1S/C20H21BrN2O2/c1-3-4-12-7-16-20(18(25)8-12)19(14(10-22)11(2)23-16)13-5-6-17(24)15(21)9-13/h5-6,9,12,14,19,24H,3-4,7-8H2,1-2H3. The molecule has 0 bridgehead atoms. The summed E-state index contributed by atoms with van der Waals surface area (Å²) in [5.41, 5.74) is 3.18. The van der Waals surface area contributed by atoms with Crippen LogP contribution in [0.25, 0.3) is 0 Å². The molecule has 0 spiro atoms. The maximum atomic E-state index is 12.9. The number of hydrogen-bond donors (Lipinski definition) is 1. The normalized spacial score (nSPS) is 26.1. The Morgan fingerprint density at radius 3 is 2.80 bits per heavy atom. The average molecular weight is 401 g/mol. The van der Waals surface area contributed by atoms with Crippen LogP contribution in [-0.2, 0) is 4.79 Å². The molecular formula is C20H21BrN2O2. The van der Waals surface area contributed by atoms with Gasteiger partial charge in [0.2, 0.25) is 0 Å². The fraction of sp³-hybridized carbons (Fsp3) is 0.450. The van der Waals surface area contributed by atoms with E-state index in [1.54, 1.807) is 18.2 Å². The molecule has 0 fully saturated rings. The van der Waals surface area contributed by atoms with Crippen molar-refractivity contribution in [1.29, 1.82) is 5.26 Å². The van der Waals surface area contributed by atoms with Crippen molar-refractivity contribution < 1.29 is 9.90 Å². The lowest BCUT2D eigenvalue weighted by Gasteiger charge is -2.35. The lowest BCUT2D eigenvalue weighted by atomic mass is 9.70. The van der Waals surface area contributed by atoms with Crippen LogP contribution in [0.4, 0.5) is 0 Å². The Bertz CT molecular complexity index is 819. The predicted octanol–water partition coefficient (Wildman–Crippen LogP) is 4.89. The van der Waals surface area contributed by atoms with Crippen LogP contribution in [0.5, 0.6) is 5.75 Å². The van der Waals surface area contributed by atoms with E-state index in [1.165, 1.54) is 0 Å². The predicted molar refractivity (Wildman–Crippen MR) is 100 cm³/mol. The van der Waals surface area contributed by atoms with Crippen LogP contribution in [0.3, 0.4) is 0 Å². The van der Waals surface area contributed by atoms with Gasteiger partial charge in [0.25, 0.3) is 0 Å². The minimum atomic E-state index is -0.457. The van der Waals surface area contributed by atoms with Crippen LogP contribution in [0.15, 0.2) is 38.9 Å². The van der Waals surface area contributed by atoms with Crippen LogP contribution < -0.4 is 0 Å². The summed E-state index contributed by atoms with van der Waals surface area (Å²) in [6.07, 6.45) is 3.42. The number of benzene rings is 1. The van der Waals surface area contributed by atoms with Gasteiger partial charge in [0.05, 0.1) is 16.5 Å². The number of rotatable bonds is 3. The number of aromatic hydroxyl groups is 1. The van der Waals surface area contributed by atoms with E-state index in [9.17, 15) is 15.2 Å². The number of carbonyl (C=O) groups is 1. The van der Waals surface area contributed by atoms with Gasteiger partial charge in [0.15, 0.2) is 5.78 Å². The summed E-state index contributed by atoms with van der Waals surface area (Å²) >= 11 is 3.34. The van der Waals surface area contributed by atoms with Crippen LogP contribution in [-0.4, -0.2) is 16.6 Å². The molecule has 3 rings (SSSR count). The van der Waals surface area contributed by atoms with Crippen molar-refractivity contribution in [3.8, 4) is 11.8 Å². The summed E-state index contributed by atoms with van der Waals surface area (Å²) in [6, 6.07) is 7.53. The van der Waals surface area contributed by atoms with Crippen molar-refractivity contribution in [3.05, 3.63) is 39.5 Å². The summed E-state index contributed by atoms with van der Waals surface area (Å²) < 4.78 is 0.566. The van der Waals surface area contributed by atoms with E-state index in [1.807, 2.05) is 6.92 Å². The Hall–Kier alpha value is -1.93. The van der Waals surface area contributed by atoms with E-state index in [0.717, 1.165) is 36.2 Å². The molecule has 4 nitrogen and oxygen atoms in total. The van der Waals surface area contributed by atoms with Crippen LogP contribution in [0.1, 0.15) is 51.0 Å². The molecule has 0 radical (unpaired) electrons. The highest BCUT2D eigenvalue weighted by Crippen LogP contribution is 2.45. The van der Waals surface area contributed by atoms with Crippen LogP contribution >= 0.6 is 15.9 Å². The number of Topliss-reactive ketones (excluding diaryl/α,β-unsaturated/α-hetero) is 1. The number of nitriles is 1. The van der Waals surface area contributed by atoms with E-state index in [-0.39, 0.29) is 17.5 Å². The summed E-state index contributed by atoms with van der Waals surface area (Å²) in [6.45, 7) is 4.00. The highest BCUT2D eigenvalue weighted by Gasteiger charge is 2.40. The molecular weight excluding hydrogens is 380 g/mol. The molecule has 1 aliphatic heterocycles. The Morgan fingerprint density at radius 2 is 2.16 bits per heavy atom. The van der Waals surface area contributed by atoms with Crippen molar-refractivity contribution in [3.63, 3.8) is 0 Å². The van der Waals surface area contributed by atoms with Crippen molar-refractivity contribution in [1.82, 2.24) is 0 Å². The zero-order valence-electron chi connectivity index (χ0n) is 14.4. The molecule has 5 heteroatoms. The summed E-state index contributed by atoms with van der Waals surface area (Å²) in [7, 11) is 0. The van der Waals surface area contributed by atoms with Gasteiger partial charge in [-0.15, -0.1) is 0 Å². The summed E-state index contributed by atoms with van der Waals surface area (Å²) in [5, 5.41) is 19.5. The highest BCUT2D eigenvalue weighted by molar-refractivity contribution is 9.10. The van der Waals surface area contributed by atoms with Gasteiger partial charge in [0, 0.05) is 29.3 Å². The molecule has 0 aromatic heterocycles. The van der Waals surface area contributed by atoms with Crippen molar-refractivity contribution in [2.24, 2.45) is 16.8 Å². The van der Waals surface area contributed by atoms with Gasteiger partial charge in [-0.25, -0.2) is 0 Å². The van der Waals surface area contributed by atoms with Gasteiger partial charge in [-0.3, -0.25) is 9.79 Å². The largest absolute Gasteiger partial charge is 0.507 e. The van der Waals surface area contributed by atoms with Crippen molar-refractivity contribution >= 4 is 27.4 Å². The second kappa shape index (κ2) is 7.13. The monoisotopic (exact) mass is 400 g/mol. The molecule has 2 aliphatic rings. The highest BCUT2D eigenvalue weighted by atomic mass is 79.9. The Morgan fingerprint density at radius 1 is 1.40 bits per heavy atom. The summed E-state index contributed by atoms with van der Waals surface area (Å²) in [5.74, 6) is -0.166. The minimum absolute atomic E-state index is 0.116. The van der Waals surface area contributed by atoms with Crippen LogP contribution in [0, 0.1) is 23.2 Å². The molecule has 1 N–H and O–H groups in total. The Balaban J connectivity index is 2.11. The van der Waals surface area contributed by atoms with Crippen molar-refractivity contribution in [2.45, 2.75) is 45.4 Å². The number of halogens is 1. The maximum Gasteiger partial charge on any atom is 0.161 e. The molecule has 3 atom stereocenters.